The van der Waals surface area contributed by atoms with Crippen LogP contribution in [0.25, 0.3) is 0 Å². The summed E-state index contributed by atoms with van der Waals surface area (Å²) in [5, 5.41) is 3.76. The molecule has 1 atom stereocenters. The van der Waals surface area contributed by atoms with Crippen LogP contribution in [0.2, 0.25) is 0 Å². The Hall–Kier alpha value is -0.810. The number of hydrogen-bond acceptors (Lipinski definition) is 3. The number of urea groups is 1. The van der Waals surface area contributed by atoms with Crippen molar-refractivity contribution in [3.8, 4) is 0 Å². The summed E-state index contributed by atoms with van der Waals surface area (Å²) < 4.78 is 0. The van der Waals surface area contributed by atoms with Crippen molar-refractivity contribution >= 4 is 6.03 Å². The average Bonchev–Trinajstić information content (AvgIpc) is 2.27. The summed E-state index contributed by atoms with van der Waals surface area (Å²) in [7, 11) is 4.23. The number of carbonyl (C=O) groups excluding carboxylic acids is 1. The second-order valence-electron chi connectivity index (χ2n) is 6.35. The van der Waals surface area contributed by atoms with Gasteiger partial charge in [-0.25, -0.2) is 4.79 Å². The van der Waals surface area contributed by atoms with Gasteiger partial charge in [-0.05, 0) is 39.3 Å². The summed E-state index contributed by atoms with van der Waals surface area (Å²) in [6.45, 7) is 7.15. The fourth-order valence-electron chi connectivity index (χ4n) is 2.80. The van der Waals surface area contributed by atoms with Crippen LogP contribution in [0.15, 0.2) is 0 Å². The first kappa shape index (κ1) is 16.2. The molecule has 1 fully saturated rings. The maximum atomic E-state index is 11.1. The average molecular weight is 270 g/mol. The van der Waals surface area contributed by atoms with E-state index in [1.165, 1.54) is 6.42 Å². The van der Waals surface area contributed by atoms with E-state index in [4.69, 9.17) is 5.73 Å². The lowest BCUT2D eigenvalue weighted by Gasteiger charge is -2.35. The van der Waals surface area contributed by atoms with Crippen LogP contribution < -0.4 is 11.1 Å². The molecule has 1 unspecified atom stereocenters. The van der Waals surface area contributed by atoms with E-state index in [2.05, 4.69) is 38.2 Å². The third-order valence-electron chi connectivity index (χ3n) is 3.62. The van der Waals surface area contributed by atoms with Crippen molar-refractivity contribution in [3.05, 3.63) is 0 Å². The molecule has 0 aromatic carbocycles. The number of nitrogens with two attached hydrogens (primary N) is 1. The molecular formula is C14H30N4O. The van der Waals surface area contributed by atoms with Crippen LogP contribution in [0.3, 0.4) is 0 Å². The quantitative estimate of drug-likeness (QED) is 0.759. The summed E-state index contributed by atoms with van der Waals surface area (Å²) in [5.41, 5.74) is 5.31. The molecule has 0 saturated carbocycles. The number of amides is 2. The van der Waals surface area contributed by atoms with Crippen LogP contribution in [0, 0.1) is 5.92 Å². The molecular weight excluding hydrogens is 240 g/mol. The number of carbonyl (C=O) groups is 1. The van der Waals surface area contributed by atoms with Crippen LogP contribution in [0.1, 0.15) is 33.1 Å². The third kappa shape index (κ3) is 6.25. The Balaban J connectivity index is 2.40. The molecule has 5 nitrogen and oxygen atoms in total. The predicted octanol–water partition coefficient (Wildman–Crippen LogP) is 1.10. The zero-order valence-corrected chi connectivity index (χ0v) is 12.9. The van der Waals surface area contributed by atoms with Crippen LogP contribution >= 0.6 is 0 Å². The molecule has 0 aromatic heterocycles. The van der Waals surface area contributed by atoms with Crippen molar-refractivity contribution in [1.29, 1.82) is 0 Å². The fraction of sp³-hybridized carbons (Fsp3) is 0.929. The third-order valence-corrected chi connectivity index (χ3v) is 3.62. The van der Waals surface area contributed by atoms with Gasteiger partial charge in [-0.3, -0.25) is 0 Å². The Bertz CT molecular complexity index is 263. The molecule has 3 N–H and O–H groups in total. The van der Waals surface area contributed by atoms with Gasteiger partial charge < -0.3 is 20.9 Å². The molecule has 0 spiro atoms. The molecule has 112 valence electrons. The lowest BCUT2D eigenvalue weighted by molar-refractivity contribution is 0.177. The second kappa shape index (κ2) is 7.70. The summed E-state index contributed by atoms with van der Waals surface area (Å²) in [5.74, 6) is 0.697. The highest BCUT2D eigenvalue weighted by Gasteiger charge is 2.23. The molecule has 5 heteroatoms. The lowest BCUT2D eigenvalue weighted by atomic mass is 9.99. The molecule has 0 radical (unpaired) electrons. The zero-order chi connectivity index (χ0) is 14.4. The van der Waals surface area contributed by atoms with Crippen molar-refractivity contribution in [1.82, 2.24) is 15.1 Å². The molecule has 1 saturated heterocycles. The van der Waals surface area contributed by atoms with Gasteiger partial charge in [-0.1, -0.05) is 13.8 Å². The van der Waals surface area contributed by atoms with E-state index in [1.807, 2.05) is 0 Å². The van der Waals surface area contributed by atoms with Crippen LogP contribution in [0.4, 0.5) is 4.79 Å². The van der Waals surface area contributed by atoms with Crippen LogP contribution in [-0.4, -0.2) is 61.6 Å². The van der Waals surface area contributed by atoms with Crippen LogP contribution in [-0.2, 0) is 0 Å². The van der Waals surface area contributed by atoms with Gasteiger partial charge >= 0.3 is 6.03 Å². The van der Waals surface area contributed by atoms with E-state index in [1.54, 1.807) is 4.90 Å². The Kier molecular flexibility index (Phi) is 6.58. The van der Waals surface area contributed by atoms with Gasteiger partial charge in [0.1, 0.15) is 0 Å². The maximum Gasteiger partial charge on any atom is 0.314 e. The molecule has 2 amide bonds. The Morgan fingerprint density at radius 1 is 1.37 bits per heavy atom. The van der Waals surface area contributed by atoms with Crippen molar-refractivity contribution in [2.24, 2.45) is 11.7 Å². The number of nitrogens with zero attached hydrogens (tertiary/aromatic N) is 2. The van der Waals surface area contributed by atoms with E-state index in [0.717, 1.165) is 32.5 Å². The van der Waals surface area contributed by atoms with Gasteiger partial charge in [0.25, 0.3) is 0 Å². The van der Waals surface area contributed by atoms with E-state index in [0.29, 0.717) is 18.0 Å². The molecule has 0 aliphatic carbocycles. The molecule has 1 rings (SSSR count). The van der Waals surface area contributed by atoms with Gasteiger partial charge in [-0.2, -0.15) is 0 Å². The lowest BCUT2D eigenvalue weighted by Crippen LogP contribution is -2.51. The summed E-state index contributed by atoms with van der Waals surface area (Å²) in [6.07, 6.45) is 3.20. The Morgan fingerprint density at radius 2 is 1.95 bits per heavy atom. The predicted molar refractivity (Wildman–Crippen MR) is 79.1 cm³/mol. The van der Waals surface area contributed by atoms with Crippen LogP contribution in [0.5, 0.6) is 0 Å². The number of primary amides is 1. The molecule has 19 heavy (non-hydrogen) atoms. The molecule has 0 aromatic rings. The fourth-order valence-corrected chi connectivity index (χ4v) is 2.80. The maximum absolute atomic E-state index is 11.1. The number of rotatable bonds is 6. The van der Waals surface area contributed by atoms with Gasteiger partial charge in [0.2, 0.25) is 0 Å². The standard InChI is InChI=1S/C14H30N4O/c1-11(2)9-13(10-17(3)4)16-12-5-7-18(8-6-12)14(15)19/h11-13,16H,5-10H2,1-4H3,(H2,15,19). The van der Waals surface area contributed by atoms with E-state index >= 15 is 0 Å². The highest BCUT2D eigenvalue weighted by atomic mass is 16.2. The minimum absolute atomic E-state index is 0.287. The zero-order valence-electron chi connectivity index (χ0n) is 12.9. The normalized spacial score (nSPS) is 19.2. The van der Waals surface area contributed by atoms with Crippen molar-refractivity contribution < 1.29 is 4.79 Å². The van der Waals surface area contributed by atoms with E-state index < -0.39 is 0 Å². The van der Waals surface area contributed by atoms with Crippen molar-refractivity contribution in [3.63, 3.8) is 0 Å². The Morgan fingerprint density at radius 3 is 2.37 bits per heavy atom. The number of likely N-dealkylation sites (N-methyl/N-ethyl adjacent to an activating group) is 1. The molecule has 1 aliphatic heterocycles. The van der Waals surface area contributed by atoms with Crippen molar-refractivity contribution in [2.75, 3.05) is 33.7 Å². The summed E-state index contributed by atoms with van der Waals surface area (Å²) in [6, 6.07) is 0.755. The molecule has 1 aliphatic rings. The van der Waals surface area contributed by atoms with Gasteiger partial charge in [0.15, 0.2) is 0 Å². The molecule has 0 bridgehead atoms. The highest BCUT2D eigenvalue weighted by molar-refractivity contribution is 5.72. The SMILES string of the molecule is CC(C)CC(CN(C)C)NC1CCN(C(N)=O)CC1. The highest BCUT2D eigenvalue weighted by Crippen LogP contribution is 2.13. The largest absolute Gasteiger partial charge is 0.351 e. The van der Waals surface area contributed by atoms with Gasteiger partial charge in [0, 0.05) is 31.7 Å². The first-order valence-electron chi connectivity index (χ1n) is 7.33. The topological polar surface area (TPSA) is 61.6 Å². The first-order chi connectivity index (χ1) is 8.88. The monoisotopic (exact) mass is 270 g/mol. The minimum Gasteiger partial charge on any atom is -0.351 e. The summed E-state index contributed by atoms with van der Waals surface area (Å²) in [4.78, 5) is 15.1. The second-order valence-corrected chi connectivity index (χ2v) is 6.35. The van der Waals surface area contributed by atoms with Gasteiger partial charge in [0.05, 0.1) is 0 Å². The van der Waals surface area contributed by atoms with Gasteiger partial charge in [-0.15, -0.1) is 0 Å². The number of nitrogens with one attached hydrogen (secondary N) is 1. The smallest absolute Gasteiger partial charge is 0.314 e. The van der Waals surface area contributed by atoms with E-state index in [9.17, 15) is 4.79 Å². The Labute approximate surface area is 117 Å². The number of piperidine rings is 1. The first-order valence-corrected chi connectivity index (χ1v) is 7.33. The van der Waals surface area contributed by atoms with E-state index in [-0.39, 0.29) is 6.03 Å². The van der Waals surface area contributed by atoms with Crippen molar-refractivity contribution in [2.45, 2.75) is 45.2 Å². The minimum atomic E-state index is -0.287. The number of likely N-dealkylation sites (tertiary alicyclic amines) is 1. The number of hydrogen-bond donors (Lipinski definition) is 2. The molecule has 1 heterocycles. The summed E-state index contributed by atoms with van der Waals surface area (Å²) >= 11 is 0.